The van der Waals surface area contributed by atoms with Crippen LogP contribution in [-0.2, 0) is 0 Å². The van der Waals surface area contributed by atoms with E-state index in [2.05, 4.69) is 15.0 Å². The van der Waals surface area contributed by atoms with Gasteiger partial charge >= 0.3 is 6.18 Å². The molecule has 1 aromatic heterocycles. The SMILES string of the molecule is OCCN(CC(F)(F)F)c1nc(Cl)nc(Cl)n1. The van der Waals surface area contributed by atoms with E-state index in [9.17, 15) is 13.2 Å². The third-order valence-corrected chi connectivity index (χ3v) is 1.93. The molecule has 0 saturated carbocycles. The minimum atomic E-state index is -4.46. The number of aromatic nitrogens is 3. The summed E-state index contributed by atoms with van der Waals surface area (Å²) in [5, 5.41) is 8.06. The molecule has 0 aliphatic heterocycles. The minimum Gasteiger partial charge on any atom is -0.395 e. The Hall–Kier alpha value is -0.860. The Kier molecular flexibility index (Phi) is 4.72. The highest BCUT2D eigenvalue weighted by molar-refractivity contribution is 6.31. The lowest BCUT2D eigenvalue weighted by atomic mass is 10.5. The number of halogens is 5. The topological polar surface area (TPSA) is 62.1 Å². The Labute approximate surface area is 104 Å². The third kappa shape index (κ3) is 4.88. The van der Waals surface area contributed by atoms with E-state index < -0.39 is 19.3 Å². The second kappa shape index (κ2) is 5.65. The average molecular weight is 291 g/mol. The maximum absolute atomic E-state index is 12.3. The van der Waals surface area contributed by atoms with Gasteiger partial charge in [0.05, 0.1) is 6.61 Å². The predicted octanol–water partition coefficient (Wildman–Crippen LogP) is 1.54. The normalized spacial score (nSPS) is 11.6. The van der Waals surface area contributed by atoms with Crippen LogP contribution in [-0.4, -0.2) is 45.9 Å². The molecule has 0 aliphatic rings. The third-order valence-electron chi connectivity index (χ3n) is 1.59. The van der Waals surface area contributed by atoms with Crippen LogP contribution in [0.2, 0.25) is 10.6 Å². The second-order valence-electron chi connectivity index (χ2n) is 2.93. The van der Waals surface area contributed by atoms with Gasteiger partial charge in [-0.3, -0.25) is 0 Å². The molecule has 0 aromatic carbocycles. The zero-order chi connectivity index (χ0) is 13.1. The van der Waals surface area contributed by atoms with Gasteiger partial charge in [0.1, 0.15) is 6.54 Å². The van der Waals surface area contributed by atoms with Crippen molar-refractivity contribution in [2.24, 2.45) is 0 Å². The molecule has 17 heavy (non-hydrogen) atoms. The van der Waals surface area contributed by atoms with Crippen LogP contribution >= 0.6 is 23.2 Å². The lowest BCUT2D eigenvalue weighted by Gasteiger charge is -2.22. The molecule has 0 radical (unpaired) electrons. The molecule has 1 rings (SSSR count). The van der Waals surface area contributed by atoms with E-state index in [0.717, 1.165) is 0 Å². The van der Waals surface area contributed by atoms with Crippen LogP contribution < -0.4 is 4.90 Å². The van der Waals surface area contributed by atoms with Gasteiger partial charge in [-0.1, -0.05) is 0 Å². The van der Waals surface area contributed by atoms with Crippen molar-refractivity contribution in [2.45, 2.75) is 6.18 Å². The van der Waals surface area contributed by atoms with Gasteiger partial charge in [-0.05, 0) is 23.2 Å². The fourth-order valence-electron chi connectivity index (χ4n) is 1.04. The highest BCUT2D eigenvalue weighted by atomic mass is 35.5. The Bertz CT molecular complexity index is 370. The van der Waals surface area contributed by atoms with Gasteiger partial charge < -0.3 is 10.0 Å². The van der Waals surface area contributed by atoms with E-state index >= 15 is 0 Å². The molecule has 0 saturated heterocycles. The van der Waals surface area contributed by atoms with E-state index in [-0.39, 0.29) is 23.1 Å². The fraction of sp³-hybridized carbons (Fsp3) is 0.571. The van der Waals surface area contributed by atoms with Crippen molar-refractivity contribution in [3.63, 3.8) is 0 Å². The molecule has 1 aromatic rings. The molecular weight excluding hydrogens is 284 g/mol. The van der Waals surface area contributed by atoms with Gasteiger partial charge in [0.15, 0.2) is 0 Å². The average Bonchev–Trinajstić information content (AvgIpc) is 2.13. The molecule has 0 bridgehead atoms. The standard InChI is InChI=1S/C7H7Cl2F3N4O/c8-4-13-5(9)15-6(14-4)16(1-2-17)3-7(10,11)12/h17H,1-3H2. The molecule has 0 unspecified atom stereocenters. The summed E-state index contributed by atoms with van der Waals surface area (Å²) in [6.07, 6.45) is -4.46. The maximum Gasteiger partial charge on any atom is 0.406 e. The summed E-state index contributed by atoms with van der Waals surface area (Å²) < 4.78 is 36.8. The predicted molar refractivity (Wildman–Crippen MR) is 55.2 cm³/mol. The van der Waals surface area contributed by atoms with Crippen LogP contribution in [0.25, 0.3) is 0 Å². The molecule has 1 N–H and O–H groups in total. The summed E-state index contributed by atoms with van der Waals surface area (Å²) in [4.78, 5) is 11.1. The van der Waals surface area contributed by atoms with Crippen molar-refractivity contribution in [2.75, 3.05) is 24.6 Å². The molecule has 0 atom stereocenters. The number of hydrogen-bond donors (Lipinski definition) is 1. The van der Waals surface area contributed by atoms with Gasteiger partial charge in [-0.2, -0.15) is 28.1 Å². The molecule has 0 fully saturated rings. The van der Waals surface area contributed by atoms with Crippen LogP contribution in [0.3, 0.4) is 0 Å². The van der Waals surface area contributed by atoms with Crippen molar-refractivity contribution >= 4 is 29.2 Å². The van der Waals surface area contributed by atoms with Crippen molar-refractivity contribution in [1.82, 2.24) is 15.0 Å². The number of alkyl halides is 3. The van der Waals surface area contributed by atoms with E-state index in [1.165, 1.54) is 0 Å². The number of aliphatic hydroxyl groups is 1. The molecule has 5 nitrogen and oxygen atoms in total. The first kappa shape index (κ1) is 14.2. The lowest BCUT2D eigenvalue weighted by molar-refractivity contribution is -0.120. The van der Waals surface area contributed by atoms with Gasteiger partial charge in [0.2, 0.25) is 16.5 Å². The summed E-state index contributed by atoms with van der Waals surface area (Å²) in [6, 6.07) is 0. The van der Waals surface area contributed by atoms with Gasteiger partial charge in [-0.25, -0.2) is 0 Å². The summed E-state index contributed by atoms with van der Waals surface area (Å²) in [6.45, 7) is -2.10. The number of aliphatic hydroxyl groups excluding tert-OH is 1. The Morgan fingerprint density at radius 1 is 1.12 bits per heavy atom. The largest absolute Gasteiger partial charge is 0.406 e. The van der Waals surface area contributed by atoms with Crippen LogP contribution in [0.4, 0.5) is 19.1 Å². The van der Waals surface area contributed by atoms with Crippen LogP contribution in [0, 0.1) is 0 Å². The first-order chi connectivity index (χ1) is 7.81. The van der Waals surface area contributed by atoms with Crippen molar-refractivity contribution in [3.8, 4) is 0 Å². The number of rotatable bonds is 4. The van der Waals surface area contributed by atoms with Crippen molar-refractivity contribution in [1.29, 1.82) is 0 Å². The summed E-state index contributed by atoms with van der Waals surface area (Å²) in [5.74, 6) is -0.332. The van der Waals surface area contributed by atoms with Gasteiger partial charge in [0.25, 0.3) is 0 Å². The van der Waals surface area contributed by atoms with Gasteiger partial charge in [0, 0.05) is 6.54 Å². The van der Waals surface area contributed by atoms with Crippen molar-refractivity contribution in [3.05, 3.63) is 10.6 Å². The zero-order valence-electron chi connectivity index (χ0n) is 8.25. The first-order valence-electron chi connectivity index (χ1n) is 4.31. The van der Waals surface area contributed by atoms with E-state index in [4.69, 9.17) is 28.3 Å². The summed E-state index contributed by atoms with van der Waals surface area (Å²) in [7, 11) is 0. The fourth-order valence-corrected chi connectivity index (χ4v) is 1.40. The minimum absolute atomic E-state index is 0.295. The Morgan fingerprint density at radius 3 is 2.06 bits per heavy atom. The van der Waals surface area contributed by atoms with E-state index in [1.807, 2.05) is 0 Å². The summed E-state index contributed by atoms with van der Waals surface area (Å²) >= 11 is 10.9. The van der Waals surface area contributed by atoms with Crippen LogP contribution in [0.5, 0.6) is 0 Å². The highest BCUT2D eigenvalue weighted by Gasteiger charge is 2.32. The quantitative estimate of drug-likeness (QED) is 0.911. The second-order valence-corrected chi connectivity index (χ2v) is 3.61. The van der Waals surface area contributed by atoms with E-state index in [1.54, 1.807) is 0 Å². The summed E-state index contributed by atoms with van der Waals surface area (Å²) in [5.41, 5.74) is 0. The number of hydrogen-bond acceptors (Lipinski definition) is 5. The maximum atomic E-state index is 12.3. The Morgan fingerprint density at radius 2 is 1.65 bits per heavy atom. The molecular formula is C7H7Cl2F3N4O. The van der Waals surface area contributed by atoms with Crippen molar-refractivity contribution < 1.29 is 18.3 Å². The first-order valence-corrected chi connectivity index (χ1v) is 5.07. The van der Waals surface area contributed by atoms with Gasteiger partial charge in [-0.15, -0.1) is 0 Å². The molecule has 0 spiro atoms. The zero-order valence-corrected chi connectivity index (χ0v) is 9.76. The van der Waals surface area contributed by atoms with Crippen LogP contribution in [0.15, 0.2) is 0 Å². The monoisotopic (exact) mass is 290 g/mol. The molecule has 1 heterocycles. The number of anilines is 1. The number of nitrogens with zero attached hydrogens (tertiary/aromatic N) is 4. The molecule has 0 aliphatic carbocycles. The van der Waals surface area contributed by atoms with Crippen LogP contribution in [0.1, 0.15) is 0 Å². The van der Waals surface area contributed by atoms with E-state index in [0.29, 0.717) is 4.90 Å². The molecule has 96 valence electrons. The highest BCUT2D eigenvalue weighted by Crippen LogP contribution is 2.20. The molecule has 10 heteroatoms. The lowest BCUT2D eigenvalue weighted by Crippen LogP contribution is -2.37. The molecule has 0 amide bonds. The smallest absolute Gasteiger partial charge is 0.395 e. The Balaban J connectivity index is 2.96.